The van der Waals surface area contributed by atoms with Gasteiger partial charge in [0.05, 0.1) is 6.61 Å². The number of carbonyl (C=O) groups is 2. The molecule has 0 spiro atoms. The highest BCUT2D eigenvalue weighted by Crippen LogP contribution is 2.36. The van der Waals surface area contributed by atoms with Gasteiger partial charge < -0.3 is 19.3 Å². The van der Waals surface area contributed by atoms with Crippen molar-refractivity contribution in [1.82, 2.24) is 0 Å². The fourth-order valence-corrected chi connectivity index (χ4v) is 5.39. The summed E-state index contributed by atoms with van der Waals surface area (Å²) in [4.78, 5) is 42.7. The first-order valence-corrected chi connectivity index (χ1v) is 20.3. The van der Waals surface area contributed by atoms with Gasteiger partial charge in [0.25, 0.3) is 0 Å². The summed E-state index contributed by atoms with van der Waals surface area (Å²) in [6, 6.07) is 0. The SMILES string of the molecule is CCCC/C=C/C/C=C/CCCCCCCC(=O)OC[C@H](COP(=O)(O)O)OC(=O)CCCCCCC/C=C/CCCCCCCC. The van der Waals surface area contributed by atoms with Crippen LogP contribution in [0.25, 0.3) is 0 Å². The quantitative estimate of drug-likeness (QED) is 0.0297. The van der Waals surface area contributed by atoms with Gasteiger partial charge in [-0.2, -0.15) is 0 Å². The van der Waals surface area contributed by atoms with Gasteiger partial charge in [0.15, 0.2) is 6.10 Å². The molecule has 0 aliphatic heterocycles. The topological polar surface area (TPSA) is 119 Å². The van der Waals surface area contributed by atoms with Crippen LogP contribution in [0.1, 0.15) is 174 Å². The van der Waals surface area contributed by atoms with Gasteiger partial charge in [0.2, 0.25) is 0 Å². The number of hydrogen-bond acceptors (Lipinski definition) is 6. The molecule has 1 atom stereocenters. The molecule has 47 heavy (non-hydrogen) atoms. The minimum absolute atomic E-state index is 0.199. The summed E-state index contributed by atoms with van der Waals surface area (Å²) in [5, 5.41) is 0. The third kappa shape index (κ3) is 36.9. The molecule has 0 amide bonds. The van der Waals surface area contributed by atoms with E-state index in [2.05, 4.69) is 54.8 Å². The lowest BCUT2D eigenvalue weighted by atomic mass is 10.1. The summed E-state index contributed by atoms with van der Waals surface area (Å²) in [7, 11) is -4.75. The lowest BCUT2D eigenvalue weighted by Crippen LogP contribution is -2.29. The minimum Gasteiger partial charge on any atom is -0.462 e. The highest BCUT2D eigenvalue weighted by Gasteiger charge is 2.22. The van der Waals surface area contributed by atoms with Gasteiger partial charge in [-0.15, -0.1) is 0 Å². The molecule has 0 bridgehead atoms. The number of rotatable bonds is 34. The van der Waals surface area contributed by atoms with Crippen LogP contribution in [-0.2, 0) is 28.2 Å². The first-order chi connectivity index (χ1) is 22.8. The molecule has 2 N–H and O–H groups in total. The monoisotopic (exact) mass is 684 g/mol. The molecule has 0 unspecified atom stereocenters. The van der Waals surface area contributed by atoms with Crippen molar-refractivity contribution in [2.75, 3.05) is 13.2 Å². The van der Waals surface area contributed by atoms with Gasteiger partial charge >= 0.3 is 19.8 Å². The second-order valence-electron chi connectivity index (χ2n) is 12.5. The molecule has 0 aliphatic carbocycles. The fourth-order valence-electron chi connectivity index (χ4n) is 5.03. The van der Waals surface area contributed by atoms with Crippen LogP contribution in [0.2, 0.25) is 0 Å². The van der Waals surface area contributed by atoms with E-state index < -0.39 is 32.5 Å². The third-order valence-electron chi connectivity index (χ3n) is 7.88. The van der Waals surface area contributed by atoms with Gasteiger partial charge in [-0.1, -0.05) is 134 Å². The summed E-state index contributed by atoms with van der Waals surface area (Å²) in [5.74, 6) is -0.911. The third-order valence-corrected chi connectivity index (χ3v) is 8.37. The van der Waals surface area contributed by atoms with E-state index in [1.807, 2.05) is 0 Å². The van der Waals surface area contributed by atoms with Crippen LogP contribution in [0.4, 0.5) is 0 Å². The number of esters is 2. The zero-order valence-corrected chi connectivity index (χ0v) is 30.8. The molecule has 9 heteroatoms. The second-order valence-corrected chi connectivity index (χ2v) is 13.8. The Labute approximate surface area is 287 Å². The van der Waals surface area contributed by atoms with Gasteiger partial charge in [-0.3, -0.25) is 14.1 Å². The predicted octanol–water partition coefficient (Wildman–Crippen LogP) is 11.0. The minimum atomic E-state index is -4.75. The standard InChI is InChI=1S/C38H69O8P/c1-3-5-7-9-11-13-15-17-19-21-23-25-27-29-31-33-38(40)46-36(35-45-47(41,42)43)34-44-37(39)32-30-28-26-24-22-20-18-16-14-12-10-8-6-4-2/h10,12,16-19,36H,3-9,11,13-15,20-35H2,1-2H3,(H2,41,42,43)/b12-10+,18-16+,19-17+/t36-/m1/s1. The number of unbranched alkanes of at least 4 members (excludes halogenated alkanes) is 18. The Morgan fingerprint density at radius 2 is 0.979 bits per heavy atom. The van der Waals surface area contributed by atoms with Crippen LogP contribution in [0.15, 0.2) is 36.5 Å². The van der Waals surface area contributed by atoms with Crippen molar-refractivity contribution in [3.63, 3.8) is 0 Å². The van der Waals surface area contributed by atoms with E-state index in [0.717, 1.165) is 77.0 Å². The Balaban J connectivity index is 4.01. The molecular weight excluding hydrogens is 615 g/mol. The highest BCUT2D eigenvalue weighted by atomic mass is 31.2. The van der Waals surface area contributed by atoms with Crippen LogP contribution >= 0.6 is 7.82 Å². The van der Waals surface area contributed by atoms with Gasteiger partial charge in [-0.05, 0) is 64.2 Å². The van der Waals surface area contributed by atoms with Crippen LogP contribution < -0.4 is 0 Å². The zero-order valence-electron chi connectivity index (χ0n) is 29.9. The van der Waals surface area contributed by atoms with Crippen LogP contribution in [-0.4, -0.2) is 41.0 Å². The van der Waals surface area contributed by atoms with Crippen molar-refractivity contribution in [1.29, 1.82) is 0 Å². The van der Waals surface area contributed by atoms with Crippen molar-refractivity contribution in [3.05, 3.63) is 36.5 Å². The molecule has 0 saturated carbocycles. The molecule has 8 nitrogen and oxygen atoms in total. The highest BCUT2D eigenvalue weighted by molar-refractivity contribution is 7.46. The lowest BCUT2D eigenvalue weighted by molar-refractivity contribution is -0.161. The second kappa shape index (κ2) is 34.1. The Morgan fingerprint density at radius 3 is 1.49 bits per heavy atom. The van der Waals surface area contributed by atoms with Crippen molar-refractivity contribution in [2.45, 2.75) is 180 Å². The maximum Gasteiger partial charge on any atom is 0.469 e. The number of hydrogen-bond donors (Lipinski definition) is 2. The molecule has 0 rings (SSSR count). The van der Waals surface area contributed by atoms with Gasteiger partial charge in [0, 0.05) is 12.8 Å². The van der Waals surface area contributed by atoms with E-state index in [1.54, 1.807) is 0 Å². The Kier molecular flexibility index (Phi) is 32.9. The molecule has 0 aromatic rings. The largest absolute Gasteiger partial charge is 0.469 e. The summed E-state index contributed by atoms with van der Waals surface area (Å²) >= 11 is 0. The first-order valence-electron chi connectivity index (χ1n) is 18.8. The van der Waals surface area contributed by atoms with Crippen molar-refractivity contribution in [3.8, 4) is 0 Å². The Morgan fingerprint density at radius 1 is 0.553 bits per heavy atom. The average Bonchev–Trinajstić information content (AvgIpc) is 3.03. The van der Waals surface area contributed by atoms with E-state index in [0.29, 0.717) is 12.8 Å². The molecular formula is C38H69O8P. The van der Waals surface area contributed by atoms with E-state index in [4.69, 9.17) is 19.3 Å². The lowest BCUT2D eigenvalue weighted by Gasteiger charge is -2.18. The maximum absolute atomic E-state index is 12.3. The van der Waals surface area contributed by atoms with E-state index in [9.17, 15) is 14.2 Å². The van der Waals surface area contributed by atoms with Gasteiger partial charge in [0.1, 0.15) is 6.61 Å². The van der Waals surface area contributed by atoms with Crippen molar-refractivity contribution in [2.24, 2.45) is 0 Å². The first kappa shape index (κ1) is 45.3. The number of phosphoric ester groups is 1. The molecule has 0 aromatic carbocycles. The smallest absolute Gasteiger partial charge is 0.462 e. The molecule has 0 fully saturated rings. The zero-order chi connectivity index (χ0) is 34.7. The molecule has 0 aromatic heterocycles. The molecule has 274 valence electrons. The summed E-state index contributed by atoms with van der Waals surface area (Å²) in [5.41, 5.74) is 0. The Bertz CT molecular complexity index is 864. The van der Waals surface area contributed by atoms with Crippen LogP contribution in [0.3, 0.4) is 0 Å². The van der Waals surface area contributed by atoms with Gasteiger partial charge in [-0.25, -0.2) is 4.57 Å². The van der Waals surface area contributed by atoms with E-state index in [1.165, 1.54) is 57.8 Å². The summed E-state index contributed by atoms with van der Waals surface area (Å²) in [6.07, 6.45) is 38.6. The number of carbonyl (C=O) groups excluding carboxylic acids is 2. The molecule has 0 radical (unpaired) electrons. The van der Waals surface area contributed by atoms with E-state index >= 15 is 0 Å². The van der Waals surface area contributed by atoms with Crippen LogP contribution in [0.5, 0.6) is 0 Å². The number of allylic oxidation sites excluding steroid dienone is 6. The molecule has 0 aliphatic rings. The Hall–Kier alpha value is -1.73. The summed E-state index contributed by atoms with van der Waals surface area (Å²) in [6.45, 7) is 3.61. The number of phosphoric acid groups is 1. The maximum atomic E-state index is 12.3. The summed E-state index contributed by atoms with van der Waals surface area (Å²) < 4.78 is 26.3. The van der Waals surface area contributed by atoms with Crippen molar-refractivity contribution >= 4 is 19.8 Å². The predicted molar refractivity (Wildman–Crippen MR) is 193 cm³/mol. The number of ether oxygens (including phenoxy) is 2. The van der Waals surface area contributed by atoms with Crippen molar-refractivity contribution < 1.29 is 37.9 Å². The average molecular weight is 685 g/mol. The molecule has 0 saturated heterocycles. The fraction of sp³-hybridized carbons (Fsp3) is 0.789. The van der Waals surface area contributed by atoms with E-state index in [-0.39, 0.29) is 19.4 Å². The normalized spacial score (nSPS) is 12.9. The molecule has 0 heterocycles. The van der Waals surface area contributed by atoms with Crippen LogP contribution in [0, 0.1) is 0 Å².